The lowest BCUT2D eigenvalue weighted by molar-refractivity contribution is -0.152. The van der Waals surface area contributed by atoms with Gasteiger partial charge in [0.1, 0.15) is 5.75 Å². The van der Waals surface area contributed by atoms with Crippen LogP contribution in [0, 0.1) is 23.7 Å². The average Bonchev–Trinajstić information content (AvgIpc) is 3.13. The molecule has 0 aromatic heterocycles. The molecule has 29 heavy (non-hydrogen) atoms. The number of para-hydroxylation sites is 1. The highest BCUT2D eigenvalue weighted by atomic mass is 16.5. The second-order valence-corrected chi connectivity index (χ2v) is 7.24. The van der Waals surface area contributed by atoms with E-state index >= 15 is 0 Å². The number of carbonyl (C=O) groups is 3. The van der Waals surface area contributed by atoms with E-state index in [-0.39, 0.29) is 42.0 Å². The normalized spacial score (nSPS) is 24.7. The molecule has 0 radical (unpaired) electrons. The molecule has 2 aliphatic rings. The van der Waals surface area contributed by atoms with Crippen LogP contribution in [0.25, 0.3) is 0 Å². The molecule has 1 fully saturated rings. The minimum Gasteiger partial charge on any atom is -0.496 e. The number of hydrogen-bond donors (Lipinski definition) is 1. The molecule has 0 bridgehead atoms. The highest BCUT2D eigenvalue weighted by Gasteiger charge is 2.45. The maximum atomic E-state index is 12.8. The van der Waals surface area contributed by atoms with Crippen molar-refractivity contribution in [2.24, 2.45) is 23.7 Å². The smallest absolute Gasteiger partial charge is 0.309 e. The lowest BCUT2D eigenvalue weighted by Crippen LogP contribution is -2.37. The maximum absolute atomic E-state index is 12.8. The summed E-state index contributed by atoms with van der Waals surface area (Å²) in [6.45, 7) is 5.29. The van der Waals surface area contributed by atoms with Crippen molar-refractivity contribution in [2.75, 3.05) is 26.8 Å². The molecule has 1 aromatic carbocycles. The molecule has 1 aliphatic carbocycles. The summed E-state index contributed by atoms with van der Waals surface area (Å²) in [5.74, 6) is 0.993. The molecule has 7 nitrogen and oxygen atoms in total. The Balaban J connectivity index is 0.000000941. The molecular weight excluding hydrogens is 374 g/mol. The third-order valence-electron chi connectivity index (χ3n) is 5.55. The Labute approximate surface area is 171 Å². The number of ether oxygens (including phenoxy) is 2. The van der Waals surface area contributed by atoms with Crippen molar-refractivity contribution in [1.29, 1.82) is 0 Å². The van der Waals surface area contributed by atoms with Gasteiger partial charge >= 0.3 is 5.97 Å². The van der Waals surface area contributed by atoms with E-state index in [0.717, 1.165) is 11.3 Å². The summed E-state index contributed by atoms with van der Waals surface area (Å²) in [5.41, 5.74) is 0.890. The SMILES string of the molecule is CCOC(=O)[C@@H]1[C@H]2CN(C(=O)Cc3ccccc3OC)C[C@@H]2C=C[C@@H]1C.O=CO. The number of carboxylic acid groups (broad SMARTS) is 1. The van der Waals surface area contributed by atoms with Gasteiger partial charge in [-0.05, 0) is 30.7 Å². The van der Waals surface area contributed by atoms with Gasteiger partial charge in [-0.25, -0.2) is 0 Å². The number of amides is 1. The summed E-state index contributed by atoms with van der Waals surface area (Å²) in [6, 6.07) is 7.60. The summed E-state index contributed by atoms with van der Waals surface area (Å²) in [4.78, 5) is 35.5. The van der Waals surface area contributed by atoms with Gasteiger partial charge in [0.2, 0.25) is 5.91 Å². The number of carbonyl (C=O) groups excluding carboxylic acids is 2. The lowest BCUT2D eigenvalue weighted by atomic mass is 9.72. The van der Waals surface area contributed by atoms with E-state index in [2.05, 4.69) is 12.2 Å². The number of allylic oxidation sites excluding steroid dienone is 1. The van der Waals surface area contributed by atoms with Crippen LogP contribution in [-0.4, -0.2) is 55.2 Å². The van der Waals surface area contributed by atoms with Gasteiger partial charge in [0.25, 0.3) is 6.47 Å². The van der Waals surface area contributed by atoms with Crippen LogP contribution in [0.5, 0.6) is 5.75 Å². The van der Waals surface area contributed by atoms with Crippen LogP contribution in [0.4, 0.5) is 0 Å². The fourth-order valence-electron chi connectivity index (χ4n) is 4.22. The first-order valence-electron chi connectivity index (χ1n) is 9.79. The minimum atomic E-state index is -0.250. The quantitative estimate of drug-likeness (QED) is 0.461. The molecule has 3 rings (SSSR count). The zero-order valence-electron chi connectivity index (χ0n) is 17.1. The fourth-order valence-corrected chi connectivity index (χ4v) is 4.22. The van der Waals surface area contributed by atoms with Crippen molar-refractivity contribution in [2.45, 2.75) is 20.3 Å². The second kappa shape index (κ2) is 10.6. The number of likely N-dealkylation sites (tertiary alicyclic amines) is 1. The number of fused-ring (bicyclic) bond motifs is 1. The van der Waals surface area contributed by atoms with Gasteiger partial charge in [-0.2, -0.15) is 0 Å². The third kappa shape index (κ3) is 5.37. The summed E-state index contributed by atoms with van der Waals surface area (Å²) in [5, 5.41) is 6.89. The predicted octanol–water partition coefficient (Wildman–Crippen LogP) is 2.40. The van der Waals surface area contributed by atoms with Crippen molar-refractivity contribution in [3.63, 3.8) is 0 Å². The van der Waals surface area contributed by atoms with Crippen molar-refractivity contribution in [3.8, 4) is 5.75 Å². The molecule has 1 heterocycles. The van der Waals surface area contributed by atoms with Gasteiger partial charge < -0.3 is 19.5 Å². The lowest BCUT2D eigenvalue weighted by Gasteiger charge is -2.31. The van der Waals surface area contributed by atoms with Crippen LogP contribution in [0.2, 0.25) is 0 Å². The van der Waals surface area contributed by atoms with E-state index in [1.807, 2.05) is 43.0 Å². The zero-order valence-corrected chi connectivity index (χ0v) is 17.1. The van der Waals surface area contributed by atoms with Gasteiger partial charge in [0.05, 0.1) is 26.1 Å². The number of esters is 1. The first-order valence-corrected chi connectivity index (χ1v) is 9.79. The van der Waals surface area contributed by atoms with Crippen LogP contribution < -0.4 is 4.74 Å². The van der Waals surface area contributed by atoms with Gasteiger partial charge in [-0.1, -0.05) is 37.3 Å². The van der Waals surface area contributed by atoms with Crippen LogP contribution >= 0.6 is 0 Å². The van der Waals surface area contributed by atoms with Crippen LogP contribution in [0.3, 0.4) is 0 Å². The fraction of sp³-hybridized carbons (Fsp3) is 0.500. The number of methoxy groups -OCH3 is 1. The predicted molar refractivity (Wildman–Crippen MR) is 107 cm³/mol. The van der Waals surface area contributed by atoms with Crippen LogP contribution in [0.15, 0.2) is 36.4 Å². The Morgan fingerprint density at radius 3 is 2.59 bits per heavy atom. The number of hydrogen-bond acceptors (Lipinski definition) is 5. The first kappa shape index (κ1) is 22.5. The van der Waals surface area contributed by atoms with Crippen LogP contribution in [-0.2, 0) is 25.5 Å². The molecule has 4 atom stereocenters. The Bertz CT molecular complexity index is 747. The van der Waals surface area contributed by atoms with Crippen molar-refractivity contribution < 1.29 is 29.0 Å². The monoisotopic (exact) mass is 403 g/mol. The van der Waals surface area contributed by atoms with Gasteiger partial charge in [0.15, 0.2) is 0 Å². The van der Waals surface area contributed by atoms with Gasteiger partial charge in [0, 0.05) is 18.7 Å². The molecule has 1 aliphatic heterocycles. The van der Waals surface area contributed by atoms with E-state index < -0.39 is 0 Å². The Morgan fingerprint density at radius 2 is 1.93 bits per heavy atom. The van der Waals surface area contributed by atoms with Crippen molar-refractivity contribution in [3.05, 3.63) is 42.0 Å². The largest absolute Gasteiger partial charge is 0.496 e. The van der Waals surface area contributed by atoms with E-state index in [4.69, 9.17) is 19.4 Å². The number of benzene rings is 1. The molecule has 158 valence electrons. The molecule has 0 spiro atoms. The molecule has 0 saturated carbocycles. The minimum absolute atomic E-state index is 0.0764. The first-order chi connectivity index (χ1) is 14.0. The highest BCUT2D eigenvalue weighted by Crippen LogP contribution is 2.40. The Hall–Kier alpha value is -2.83. The molecular formula is C22H29NO6. The highest BCUT2D eigenvalue weighted by molar-refractivity contribution is 5.80. The van der Waals surface area contributed by atoms with E-state index in [1.165, 1.54) is 0 Å². The summed E-state index contributed by atoms with van der Waals surface area (Å²) in [6.07, 6.45) is 4.57. The Morgan fingerprint density at radius 1 is 1.24 bits per heavy atom. The number of nitrogens with zero attached hydrogens (tertiary/aromatic N) is 1. The molecule has 0 unspecified atom stereocenters. The molecule has 1 N–H and O–H groups in total. The second-order valence-electron chi connectivity index (χ2n) is 7.24. The van der Waals surface area contributed by atoms with Crippen molar-refractivity contribution >= 4 is 18.3 Å². The molecule has 1 amide bonds. The third-order valence-corrected chi connectivity index (χ3v) is 5.55. The van der Waals surface area contributed by atoms with Gasteiger partial charge in [-0.15, -0.1) is 0 Å². The van der Waals surface area contributed by atoms with E-state index in [9.17, 15) is 9.59 Å². The van der Waals surface area contributed by atoms with Crippen molar-refractivity contribution in [1.82, 2.24) is 4.90 Å². The standard InChI is InChI=1S/C21H27NO4.CH2O2/c1-4-26-21(24)20-14(2)9-10-16-12-22(13-17(16)20)19(23)11-15-7-5-6-8-18(15)25-3;2-1-3/h5-10,14,16-17,20H,4,11-13H2,1-3H3;1H,(H,2,3)/t14-,16-,17-,20-;/m0./s1. The zero-order chi connectivity index (χ0) is 21.4. The molecule has 7 heteroatoms. The average molecular weight is 403 g/mol. The van der Waals surface area contributed by atoms with Gasteiger partial charge in [-0.3, -0.25) is 14.4 Å². The topological polar surface area (TPSA) is 93.1 Å². The summed E-state index contributed by atoms with van der Waals surface area (Å²) < 4.78 is 10.6. The molecule has 1 saturated heterocycles. The maximum Gasteiger partial charge on any atom is 0.309 e. The summed E-state index contributed by atoms with van der Waals surface area (Å²) >= 11 is 0. The number of rotatable bonds is 5. The van der Waals surface area contributed by atoms with E-state index in [1.54, 1.807) is 7.11 Å². The summed E-state index contributed by atoms with van der Waals surface area (Å²) in [7, 11) is 1.61. The van der Waals surface area contributed by atoms with Crippen LogP contribution in [0.1, 0.15) is 19.4 Å². The molecule has 1 aromatic rings. The van der Waals surface area contributed by atoms with E-state index in [0.29, 0.717) is 26.1 Å². The Kier molecular flexibility index (Phi) is 8.24.